The minimum absolute atomic E-state index is 0. The van der Waals surface area contributed by atoms with Crippen LogP contribution in [-0.2, 0) is 26.0 Å². The Balaban J connectivity index is -0.0000000370. The summed E-state index contributed by atoms with van der Waals surface area (Å²) in [7, 11) is 0. The van der Waals surface area contributed by atoms with Crippen molar-refractivity contribution in [1.82, 2.24) is 0 Å². The maximum absolute atomic E-state index is 9.60. The van der Waals surface area contributed by atoms with Crippen LogP contribution in [0.3, 0.4) is 0 Å². The van der Waals surface area contributed by atoms with E-state index in [0.29, 0.717) is 12.8 Å². The molecule has 9 heteroatoms. The third-order valence-corrected chi connectivity index (χ3v) is 1.73. The van der Waals surface area contributed by atoms with Gasteiger partial charge in [-0.05, 0) is 0 Å². The van der Waals surface area contributed by atoms with Gasteiger partial charge in [0.25, 0.3) is 0 Å². The van der Waals surface area contributed by atoms with Gasteiger partial charge in [0.2, 0.25) is 0 Å². The molecule has 0 aromatic heterocycles. The van der Waals surface area contributed by atoms with Gasteiger partial charge in [-0.2, -0.15) is 0 Å². The first-order chi connectivity index (χ1) is 5.54. The molecule has 0 spiro atoms. The van der Waals surface area contributed by atoms with Crippen molar-refractivity contribution in [2.75, 3.05) is 0 Å². The molecule has 0 aromatic carbocycles. The molecule has 2 N–H and O–H groups in total. The monoisotopic (exact) mass is 342 g/mol. The largest absolute Gasteiger partial charge is 2.00 e. The summed E-state index contributed by atoms with van der Waals surface area (Å²) in [6.07, 6.45) is 0.583. The summed E-state index contributed by atoms with van der Waals surface area (Å²) in [6, 6.07) is 0. The van der Waals surface area contributed by atoms with Gasteiger partial charge in [0.15, 0.2) is 0 Å². The molecular formula is C6H10Ge2O7. The summed E-state index contributed by atoms with van der Waals surface area (Å²) < 4.78 is 0. The van der Waals surface area contributed by atoms with E-state index in [2.05, 4.69) is 0 Å². The van der Waals surface area contributed by atoms with E-state index >= 15 is 0 Å². The fourth-order valence-electron chi connectivity index (χ4n) is 0.214. The van der Waals surface area contributed by atoms with Crippen molar-refractivity contribution >= 4 is 45.0 Å². The summed E-state index contributed by atoms with van der Waals surface area (Å²) in [5, 5.41) is 17.3. The summed E-state index contributed by atoms with van der Waals surface area (Å²) >= 11 is 3.68. The van der Waals surface area contributed by atoms with Crippen LogP contribution in [-0.4, -0.2) is 55.2 Å². The molecule has 0 aliphatic carbocycles. The molecule has 15 heavy (non-hydrogen) atoms. The number of carboxylic acid groups (broad SMARTS) is 2. The molecule has 0 saturated carbocycles. The minimum atomic E-state index is -0.711. The maximum atomic E-state index is 9.60. The Hall–Kier alpha value is -0.0943. The van der Waals surface area contributed by atoms with Crippen molar-refractivity contribution in [3.8, 4) is 0 Å². The average molecular weight is 339 g/mol. The van der Waals surface area contributed by atoms with E-state index < -0.39 is 11.9 Å². The molecule has 0 unspecified atom stereocenters. The van der Waals surface area contributed by atoms with E-state index in [1.54, 1.807) is 0 Å². The second kappa shape index (κ2) is 23.6. The molecule has 0 aliphatic rings. The second-order valence-corrected chi connectivity index (χ2v) is 3.89. The van der Waals surface area contributed by atoms with Crippen LogP contribution >= 0.6 is 0 Å². The first-order valence-electron chi connectivity index (χ1n) is 3.27. The molecule has 0 heterocycles. The fourth-order valence-corrected chi connectivity index (χ4v) is 1.11. The first-order valence-corrected chi connectivity index (χ1v) is 6.24. The van der Waals surface area contributed by atoms with Crippen molar-refractivity contribution in [3.63, 3.8) is 0 Å². The molecule has 0 saturated heterocycles. The molecular weight excluding hydrogens is 329 g/mol. The number of carboxylic acids is 2. The van der Waals surface area contributed by atoms with Crippen molar-refractivity contribution < 1.29 is 36.2 Å². The number of hydrogen-bond donors (Lipinski definition) is 2. The molecule has 0 rings (SSSR count). The topological polar surface area (TPSA) is 160 Å². The van der Waals surface area contributed by atoms with Crippen LogP contribution in [0.25, 0.3) is 0 Å². The van der Waals surface area contributed by atoms with E-state index in [0.717, 1.165) is 10.5 Å². The molecule has 0 amide bonds. The standard InChI is InChI=1S/2C3H5GeO2.3O/c2*4-2-1-3(5)6;;;/h2*1-2H2,(H,5,6);;;/q2*+3;3*-2. The van der Waals surface area contributed by atoms with E-state index in [9.17, 15) is 9.59 Å². The number of rotatable bonds is 4. The molecule has 0 fully saturated rings. The zero-order valence-corrected chi connectivity index (χ0v) is 12.0. The Morgan fingerprint density at radius 2 is 1.00 bits per heavy atom. The van der Waals surface area contributed by atoms with Gasteiger partial charge < -0.3 is 16.4 Å². The SMILES string of the molecule is O=C(O)C[CH2][Ge+3].O=C(O)C[CH2][Ge+3].[O-2].[O-2].[O-2]. The van der Waals surface area contributed by atoms with Gasteiger partial charge in [0, 0.05) is 0 Å². The smallest absolute Gasteiger partial charge is 2.00 e. The van der Waals surface area contributed by atoms with Gasteiger partial charge >= 0.3 is 88.1 Å². The summed E-state index contributed by atoms with van der Waals surface area (Å²) in [5.74, 6) is -1.42. The van der Waals surface area contributed by atoms with Gasteiger partial charge in [-0.15, -0.1) is 0 Å². The van der Waals surface area contributed by atoms with Gasteiger partial charge in [-0.3, -0.25) is 0 Å². The van der Waals surface area contributed by atoms with Crippen molar-refractivity contribution in [2.45, 2.75) is 23.3 Å². The molecule has 0 radical (unpaired) electrons. The summed E-state index contributed by atoms with van der Waals surface area (Å²) in [5.41, 5.74) is 0. The molecule has 0 aliphatic heterocycles. The van der Waals surface area contributed by atoms with Crippen LogP contribution in [0.2, 0.25) is 10.5 Å². The van der Waals surface area contributed by atoms with Crippen molar-refractivity contribution in [3.05, 3.63) is 0 Å². The Morgan fingerprint density at radius 3 is 1.00 bits per heavy atom. The van der Waals surface area contributed by atoms with E-state index in [-0.39, 0.29) is 16.4 Å². The van der Waals surface area contributed by atoms with E-state index in [1.807, 2.05) is 33.0 Å². The van der Waals surface area contributed by atoms with Crippen LogP contribution in [0.5, 0.6) is 0 Å². The number of aliphatic carboxylic acids is 2. The normalized spacial score (nSPS) is 6.67. The van der Waals surface area contributed by atoms with Crippen LogP contribution in [0.15, 0.2) is 0 Å². The van der Waals surface area contributed by atoms with Gasteiger partial charge in [-0.1, -0.05) is 0 Å². The predicted octanol–water partition coefficient (Wildman–Crippen LogP) is -0.261. The molecule has 0 bridgehead atoms. The Morgan fingerprint density at radius 1 is 0.800 bits per heavy atom. The minimum Gasteiger partial charge on any atom is -2.00 e. The van der Waals surface area contributed by atoms with E-state index in [1.165, 1.54) is 0 Å². The van der Waals surface area contributed by atoms with E-state index in [4.69, 9.17) is 10.2 Å². The Bertz CT molecular complexity index is 125. The molecule has 0 atom stereocenters. The average Bonchev–Trinajstić information content (AvgIpc) is 1.87. The summed E-state index contributed by atoms with van der Waals surface area (Å²) in [4.78, 5) is 19.2. The third kappa shape index (κ3) is 56.5. The Labute approximate surface area is 105 Å². The third-order valence-electron chi connectivity index (χ3n) is 0.678. The quantitative estimate of drug-likeness (QED) is 0.675. The molecule has 84 valence electrons. The summed E-state index contributed by atoms with van der Waals surface area (Å²) in [6.45, 7) is 0. The zero-order valence-electron chi connectivity index (χ0n) is 7.76. The van der Waals surface area contributed by atoms with Crippen LogP contribution in [0.1, 0.15) is 12.8 Å². The number of carbonyl (C=O) groups is 2. The van der Waals surface area contributed by atoms with Crippen molar-refractivity contribution in [1.29, 1.82) is 0 Å². The molecule has 0 aromatic rings. The van der Waals surface area contributed by atoms with Gasteiger partial charge in [0.1, 0.15) is 0 Å². The van der Waals surface area contributed by atoms with Crippen LogP contribution < -0.4 is 0 Å². The van der Waals surface area contributed by atoms with Crippen molar-refractivity contribution in [2.24, 2.45) is 0 Å². The van der Waals surface area contributed by atoms with Crippen LogP contribution in [0.4, 0.5) is 0 Å². The zero-order chi connectivity index (χ0) is 9.98. The molecule has 7 nitrogen and oxygen atoms in total. The Kier molecular flexibility index (Phi) is 46.2. The van der Waals surface area contributed by atoms with Gasteiger partial charge in [0.05, 0.1) is 0 Å². The van der Waals surface area contributed by atoms with Gasteiger partial charge in [-0.25, -0.2) is 0 Å². The first kappa shape index (κ1) is 29.4. The van der Waals surface area contributed by atoms with Crippen LogP contribution in [0, 0.1) is 0 Å². The fraction of sp³-hybridized carbons (Fsp3) is 0.667. The predicted molar refractivity (Wildman–Crippen MR) is 47.7 cm³/mol. The maximum Gasteiger partial charge on any atom is -2.00 e. The second-order valence-electron chi connectivity index (χ2n) is 1.79. The number of hydrogen-bond acceptors (Lipinski definition) is 2.